The van der Waals surface area contributed by atoms with Crippen LogP contribution in [0.1, 0.15) is 28.4 Å². The van der Waals surface area contributed by atoms with Crippen molar-refractivity contribution in [3.8, 4) is 0 Å². The number of carbonyl (C=O) groups excluding carboxylic acids is 1. The molecule has 4 heteroatoms. The molecule has 1 saturated heterocycles. The number of hydrogen-bond donors (Lipinski definition) is 0. The summed E-state index contributed by atoms with van der Waals surface area (Å²) in [6.45, 7) is 6.49. The molecule has 1 fully saturated rings. The molecular weight excluding hydrogens is 322 g/mol. The summed E-state index contributed by atoms with van der Waals surface area (Å²) < 4.78 is 0. The second-order valence-corrected chi connectivity index (χ2v) is 6.48. The summed E-state index contributed by atoms with van der Waals surface area (Å²) in [7, 11) is 0. The Morgan fingerprint density at radius 2 is 1.69 bits per heavy atom. The van der Waals surface area contributed by atoms with Crippen molar-refractivity contribution in [3.05, 3.63) is 77.4 Å². The van der Waals surface area contributed by atoms with Crippen molar-refractivity contribution in [1.82, 2.24) is 9.91 Å². The molecule has 2 aromatic rings. The zero-order valence-corrected chi connectivity index (χ0v) is 15.2. The van der Waals surface area contributed by atoms with E-state index in [2.05, 4.69) is 45.3 Å². The van der Waals surface area contributed by atoms with Crippen molar-refractivity contribution in [2.45, 2.75) is 13.5 Å². The van der Waals surface area contributed by atoms with Crippen LogP contribution in [0.5, 0.6) is 0 Å². The fourth-order valence-corrected chi connectivity index (χ4v) is 3.09. The molecule has 0 unspecified atom stereocenters. The van der Waals surface area contributed by atoms with Gasteiger partial charge in [-0.3, -0.25) is 14.7 Å². The molecule has 0 spiro atoms. The molecule has 0 saturated carbocycles. The van der Waals surface area contributed by atoms with E-state index in [-0.39, 0.29) is 5.78 Å². The van der Waals surface area contributed by atoms with Crippen LogP contribution >= 0.6 is 0 Å². The Bertz CT molecular complexity index is 775. The molecule has 1 heterocycles. The van der Waals surface area contributed by atoms with E-state index in [1.807, 2.05) is 42.6 Å². The molecule has 0 amide bonds. The lowest BCUT2D eigenvalue weighted by Gasteiger charge is -2.32. The third-order valence-electron chi connectivity index (χ3n) is 4.53. The molecule has 2 aromatic carbocycles. The lowest BCUT2D eigenvalue weighted by Crippen LogP contribution is -2.43. The number of ketones is 1. The van der Waals surface area contributed by atoms with Gasteiger partial charge in [0, 0.05) is 44.5 Å². The van der Waals surface area contributed by atoms with E-state index < -0.39 is 0 Å². The third-order valence-corrected chi connectivity index (χ3v) is 4.53. The lowest BCUT2D eigenvalue weighted by molar-refractivity contribution is 0.101. The van der Waals surface area contributed by atoms with Gasteiger partial charge >= 0.3 is 0 Å². The van der Waals surface area contributed by atoms with E-state index in [4.69, 9.17) is 0 Å². The van der Waals surface area contributed by atoms with E-state index in [9.17, 15) is 4.79 Å². The van der Waals surface area contributed by atoms with Gasteiger partial charge in [0.05, 0.1) is 0 Å². The first-order valence-electron chi connectivity index (χ1n) is 9.04. The Morgan fingerprint density at radius 1 is 1.00 bits per heavy atom. The number of nitrogens with zero attached hydrogens (tertiary/aromatic N) is 3. The van der Waals surface area contributed by atoms with Crippen LogP contribution in [0.3, 0.4) is 0 Å². The standard InChI is InChI=1S/C22H25N3O/c1-19(26)22-12-6-5-10-21(22)11-7-13-23-25-16-14-24(15-17-25)18-20-8-3-2-4-9-20/h2-13H,14-18H2,1H3. The predicted molar refractivity (Wildman–Crippen MR) is 107 cm³/mol. The lowest BCUT2D eigenvalue weighted by atomic mass is 10.0. The molecular formula is C22H25N3O. The summed E-state index contributed by atoms with van der Waals surface area (Å²) in [5.74, 6) is 0.0803. The first-order chi connectivity index (χ1) is 12.7. The van der Waals surface area contributed by atoms with Gasteiger partial charge in [0.2, 0.25) is 0 Å². The van der Waals surface area contributed by atoms with Crippen molar-refractivity contribution in [3.63, 3.8) is 0 Å². The second kappa shape index (κ2) is 9.11. The highest BCUT2D eigenvalue weighted by atomic mass is 16.1. The Kier molecular flexibility index (Phi) is 6.34. The number of carbonyl (C=O) groups is 1. The number of piperazine rings is 1. The molecule has 134 valence electrons. The van der Waals surface area contributed by atoms with Gasteiger partial charge in [-0.2, -0.15) is 5.10 Å². The zero-order chi connectivity index (χ0) is 18.2. The Labute approximate surface area is 155 Å². The Balaban J connectivity index is 1.48. The number of rotatable bonds is 6. The summed E-state index contributed by atoms with van der Waals surface area (Å²) in [6, 6.07) is 18.2. The van der Waals surface area contributed by atoms with Crippen LogP contribution < -0.4 is 0 Å². The van der Waals surface area contributed by atoms with Crippen LogP contribution in [0.2, 0.25) is 0 Å². The summed E-state index contributed by atoms with van der Waals surface area (Å²) in [5, 5.41) is 6.62. The summed E-state index contributed by atoms with van der Waals surface area (Å²) >= 11 is 0. The zero-order valence-electron chi connectivity index (χ0n) is 15.2. The quantitative estimate of drug-likeness (QED) is 0.590. The van der Waals surface area contributed by atoms with Crippen LogP contribution in [0, 0.1) is 0 Å². The minimum atomic E-state index is 0.0803. The monoisotopic (exact) mass is 347 g/mol. The first kappa shape index (κ1) is 18.1. The van der Waals surface area contributed by atoms with Gasteiger partial charge in [-0.25, -0.2) is 0 Å². The number of Topliss-reactive ketones (excluding diaryl/α,β-unsaturated/α-hetero) is 1. The van der Waals surface area contributed by atoms with E-state index >= 15 is 0 Å². The Hall–Kier alpha value is -2.72. The smallest absolute Gasteiger partial charge is 0.160 e. The SMILES string of the molecule is CC(=O)c1ccccc1C=CC=NN1CCN(Cc2ccccc2)CC1. The Morgan fingerprint density at radius 3 is 2.42 bits per heavy atom. The molecule has 0 N–H and O–H groups in total. The van der Waals surface area contributed by atoms with Gasteiger partial charge in [-0.05, 0) is 24.1 Å². The van der Waals surface area contributed by atoms with E-state index in [1.54, 1.807) is 6.92 Å². The molecule has 0 atom stereocenters. The first-order valence-corrected chi connectivity index (χ1v) is 9.04. The van der Waals surface area contributed by atoms with Crippen LogP contribution in [0.25, 0.3) is 6.08 Å². The van der Waals surface area contributed by atoms with Crippen LogP contribution in [0.15, 0.2) is 65.8 Å². The maximum Gasteiger partial charge on any atom is 0.160 e. The molecule has 4 nitrogen and oxygen atoms in total. The number of allylic oxidation sites excluding steroid dienone is 1. The topological polar surface area (TPSA) is 35.9 Å². The largest absolute Gasteiger partial charge is 0.295 e. The highest BCUT2D eigenvalue weighted by molar-refractivity contribution is 5.98. The van der Waals surface area contributed by atoms with Crippen molar-refractivity contribution in [2.75, 3.05) is 26.2 Å². The average Bonchev–Trinajstić information content (AvgIpc) is 2.67. The van der Waals surface area contributed by atoms with Crippen molar-refractivity contribution >= 4 is 18.1 Å². The van der Waals surface area contributed by atoms with E-state index in [1.165, 1.54) is 5.56 Å². The minimum Gasteiger partial charge on any atom is -0.295 e. The molecule has 26 heavy (non-hydrogen) atoms. The number of hydrazone groups is 1. The van der Waals surface area contributed by atoms with Gasteiger partial charge in [0.25, 0.3) is 0 Å². The fraction of sp³-hybridized carbons (Fsp3) is 0.273. The van der Waals surface area contributed by atoms with Crippen molar-refractivity contribution in [1.29, 1.82) is 0 Å². The minimum absolute atomic E-state index is 0.0803. The molecule has 0 aliphatic carbocycles. The maximum atomic E-state index is 11.6. The number of benzene rings is 2. The van der Waals surface area contributed by atoms with Crippen LogP contribution in [-0.2, 0) is 6.54 Å². The molecule has 0 radical (unpaired) electrons. The molecule has 3 rings (SSSR count). The van der Waals surface area contributed by atoms with Gasteiger partial charge < -0.3 is 0 Å². The fourth-order valence-electron chi connectivity index (χ4n) is 3.09. The van der Waals surface area contributed by atoms with Gasteiger partial charge in [0.15, 0.2) is 5.78 Å². The molecule has 0 bridgehead atoms. The highest BCUT2D eigenvalue weighted by Crippen LogP contribution is 2.11. The second-order valence-electron chi connectivity index (χ2n) is 6.48. The third kappa shape index (κ3) is 5.14. The van der Waals surface area contributed by atoms with Gasteiger partial charge in [-0.1, -0.05) is 60.7 Å². The van der Waals surface area contributed by atoms with Gasteiger partial charge in [-0.15, -0.1) is 0 Å². The van der Waals surface area contributed by atoms with Crippen LogP contribution in [0.4, 0.5) is 0 Å². The predicted octanol–water partition coefficient (Wildman–Crippen LogP) is 3.71. The maximum absolute atomic E-state index is 11.6. The normalized spacial score (nSPS) is 15.8. The molecule has 1 aliphatic heterocycles. The van der Waals surface area contributed by atoms with Crippen LogP contribution in [-0.4, -0.2) is 48.1 Å². The average molecular weight is 347 g/mol. The summed E-state index contributed by atoms with van der Waals surface area (Å²) in [5.41, 5.74) is 3.03. The van der Waals surface area contributed by atoms with Crippen molar-refractivity contribution in [2.24, 2.45) is 5.10 Å². The summed E-state index contributed by atoms with van der Waals surface area (Å²) in [6.07, 6.45) is 5.65. The summed E-state index contributed by atoms with van der Waals surface area (Å²) in [4.78, 5) is 14.1. The van der Waals surface area contributed by atoms with Crippen molar-refractivity contribution < 1.29 is 4.79 Å². The highest BCUT2D eigenvalue weighted by Gasteiger charge is 2.14. The van der Waals surface area contributed by atoms with E-state index in [0.29, 0.717) is 0 Å². The molecule has 1 aliphatic rings. The van der Waals surface area contributed by atoms with E-state index in [0.717, 1.165) is 43.9 Å². The van der Waals surface area contributed by atoms with Gasteiger partial charge in [0.1, 0.15) is 0 Å². The molecule has 0 aromatic heterocycles. The number of hydrogen-bond acceptors (Lipinski definition) is 4.